The van der Waals surface area contributed by atoms with Crippen LogP contribution in [0.5, 0.6) is 0 Å². The molecule has 3 N–H and O–H groups in total. The molecule has 2 radical (unpaired) electrons. The van der Waals surface area contributed by atoms with Crippen molar-refractivity contribution in [3.8, 4) is 0 Å². The molecule has 0 bridgehead atoms. The van der Waals surface area contributed by atoms with Crippen LogP contribution in [0.3, 0.4) is 0 Å². The van der Waals surface area contributed by atoms with E-state index in [0.717, 1.165) is 19.3 Å². The van der Waals surface area contributed by atoms with Crippen LogP contribution in [0.15, 0.2) is 13.2 Å². The van der Waals surface area contributed by atoms with Gasteiger partial charge in [0, 0.05) is 0 Å². The maximum Gasteiger partial charge on any atom is 3.00 e. The van der Waals surface area contributed by atoms with Crippen LogP contribution in [-0.4, -0.2) is 45.8 Å². The Morgan fingerprint density at radius 2 is 0.444 bits per heavy atom. The first kappa shape index (κ1) is 46.4. The zero-order valence-electron chi connectivity index (χ0n) is 25.5. The summed E-state index contributed by atoms with van der Waals surface area (Å²) in [6, 6.07) is 0. The van der Waals surface area contributed by atoms with Gasteiger partial charge in [-0.3, -0.25) is 0 Å². The predicted molar refractivity (Wildman–Crippen MR) is 172 cm³/mol. The molecule has 0 aromatic heterocycles. The molecular formula is C32H70BiN3. The molecule has 0 saturated heterocycles. The Kier molecular flexibility index (Phi) is 72.0. The van der Waals surface area contributed by atoms with Gasteiger partial charge in [-0.15, -0.1) is 13.2 Å². The van der Waals surface area contributed by atoms with Crippen molar-refractivity contribution in [2.45, 2.75) is 175 Å². The maximum absolute atomic E-state index is 6.95. The molecule has 0 atom stereocenters. The minimum absolute atomic E-state index is 0. The van der Waals surface area contributed by atoms with Gasteiger partial charge in [0.1, 0.15) is 0 Å². The molecule has 0 amide bonds. The van der Waals surface area contributed by atoms with Crippen LogP contribution in [0.2, 0.25) is 0 Å². The molecular weight excluding hydrogens is 635 g/mol. The van der Waals surface area contributed by atoms with Gasteiger partial charge < -0.3 is 17.2 Å². The molecule has 0 rings (SSSR count). The molecule has 0 spiro atoms. The van der Waals surface area contributed by atoms with Gasteiger partial charge in [0.15, 0.2) is 0 Å². The Morgan fingerprint density at radius 3 is 0.583 bits per heavy atom. The molecule has 4 heteroatoms. The fraction of sp³-hybridized carbons (Fsp3) is 0.938. The van der Waals surface area contributed by atoms with Gasteiger partial charge in [-0.05, 0) is 0 Å². The van der Waals surface area contributed by atoms with Crippen LogP contribution in [0.4, 0.5) is 0 Å². The fourth-order valence-corrected chi connectivity index (χ4v) is 3.78. The molecule has 3 nitrogen and oxygen atoms in total. The summed E-state index contributed by atoms with van der Waals surface area (Å²) in [7, 11) is 0. The van der Waals surface area contributed by atoms with Crippen molar-refractivity contribution in [2.24, 2.45) is 0 Å². The van der Waals surface area contributed by atoms with Crippen molar-refractivity contribution in [1.29, 1.82) is 0 Å². The summed E-state index contributed by atoms with van der Waals surface area (Å²) in [4.78, 5) is 0. The van der Waals surface area contributed by atoms with Crippen molar-refractivity contribution < 1.29 is 0 Å². The average molecular weight is 706 g/mol. The van der Waals surface area contributed by atoms with Crippen molar-refractivity contribution in [3.05, 3.63) is 30.4 Å². The number of nitrogens with one attached hydrogen (secondary N) is 3. The van der Waals surface area contributed by atoms with E-state index in [9.17, 15) is 0 Å². The van der Waals surface area contributed by atoms with Crippen molar-refractivity contribution in [2.75, 3.05) is 19.6 Å². The Hall–Kier alpha value is 0.503. The standard InChI is InChI=1S/3C10H22N.C2H4.Bi/c3*1-2-3-4-5-6-7-8-9-10-11;1-2;/h3*11H,2-10H2,1H3;1-2H2;/q3*-1;;+3. The molecule has 36 heavy (non-hydrogen) atoms. The largest absolute Gasteiger partial charge is 3.00 e. The number of unbranched alkanes of at least 4 members (excludes halogenated alkanes) is 21. The minimum Gasteiger partial charge on any atom is -0.677 e. The predicted octanol–water partition coefficient (Wildman–Crippen LogP) is 13.0. The molecule has 0 heterocycles. The van der Waals surface area contributed by atoms with Crippen LogP contribution in [0.25, 0.3) is 17.2 Å². The fourth-order valence-electron chi connectivity index (χ4n) is 3.78. The van der Waals surface area contributed by atoms with E-state index in [1.165, 1.54) is 135 Å². The SMILES string of the molecule is C=C.CCCCCCCCCC[NH-].CCCCCCCCCC[NH-].CCCCCCCCCC[NH-].[Bi+3]. The smallest absolute Gasteiger partial charge is 0.677 e. The van der Waals surface area contributed by atoms with Crippen LogP contribution < -0.4 is 0 Å². The molecule has 0 aliphatic rings. The van der Waals surface area contributed by atoms with Crippen molar-refractivity contribution in [1.82, 2.24) is 0 Å². The van der Waals surface area contributed by atoms with Gasteiger partial charge in [0.25, 0.3) is 0 Å². The van der Waals surface area contributed by atoms with E-state index in [2.05, 4.69) is 33.9 Å². The third kappa shape index (κ3) is 64.5. The van der Waals surface area contributed by atoms with Gasteiger partial charge in [0.05, 0.1) is 0 Å². The molecule has 0 fully saturated rings. The van der Waals surface area contributed by atoms with Crippen LogP contribution in [0, 0.1) is 0 Å². The zero-order valence-corrected chi connectivity index (χ0v) is 28.9. The first-order valence-corrected chi connectivity index (χ1v) is 15.7. The van der Waals surface area contributed by atoms with E-state index >= 15 is 0 Å². The minimum atomic E-state index is 0. The van der Waals surface area contributed by atoms with Crippen LogP contribution in [-0.2, 0) is 0 Å². The number of hydrogen-bond acceptors (Lipinski definition) is 0. The van der Waals surface area contributed by atoms with E-state index in [-0.39, 0.29) is 26.2 Å². The van der Waals surface area contributed by atoms with Crippen molar-refractivity contribution in [3.63, 3.8) is 0 Å². The average Bonchev–Trinajstić information content (AvgIpc) is 2.89. The van der Waals surface area contributed by atoms with Crippen LogP contribution in [0.1, 0.15) is 175 Å². The topological polar surface area (TPSA) is 71.4 Å². The first-order chi connectivity index (χ1) is 17.2. The summed E-state index contributed by atoms with van der Waals surface area (Å²) in [5.74, 6) is 0. The van der Waals surface area contributed by atoms with E-state index in [0.29, 0.717) is 19.6 Å². The molecule has 0 unspecified atom stereocenters. The quantitative estimate of drug-likeness (QED) is 0.0545. The van der Waals surface area contributed by atoms with Gasteiger partial charge in [-0.1, -0.05) is 175 Å². The van der Waals surface area contributed by atoms with Gasteiger partial charge in [0.2, 0.25) is 0 Å². The van der Waals surface area contributed by atoms with E-state index < -0.39 is 0 Å². The second kappa shape index (κ2) is 55.9. The normalized spacial score (nSPS) is 9.61. The zero-order chi connectivity index (χ0) is 27.1. The molecule has 0 aliphatic carbocycles. The second-order valence-electron chi connectivity index (χ2n) is 9.67. The summed E-state index contributed by atoms with van der Waals surface area (Å²) in [5, 5.41) is 0. The molecule has 0 aliphatic heterocycles. The first-order valence-electron chi connectivity index (χ1n) is 15.7. The van der Waals surface area contributed by atoms with Gasteiger partial charge in [-0.2, -0.15) is 19.6 Å². The molecule has 218 valence electrons. The summed E-state index contributed by atoms with van der Waals surface area (Å²) >= 11 is 0. The van der Waals surface area contributed by atoms with Gasteiger partial charge >= 0.3 is 26.2 Å². The van der Waals surface area contributed by atoms with E-state index in [1.54, 1.807) is 0 Å². The number of rotatable bonds is 24. The van der Waals surface area contributed by atoms with E-state index in [1.807, 2.05) is 0 Å². The van der Waals surface area contributed by atoms with Crippen molar-refractivity contribution >= 4 is 26.2 Å². The Balaban J connectivity index is -0.000000127. The Labute approximate surface area is 250 Å². The Bertz CT molecular complexity index is 224. The van der Waals surface area contributed by atoms with E-state index in [4.69, 9.17) is 17.2 Å². The Morgan fingerprint density at radius 1 is 0.306 bits per heavy atom. The summed E-state index contributed by atoms with van der Waals surface area (Å²) < 4.78 is 0. The monoisotopic (exact) mass is 706 g/mol. The summed E-state index contributed by atoms with van der Waals surface area (Å²) in [6.45, 7) is 14.6. The van der Waals surface area contributed by atoms with Gasteiger partial charge in [-0.25, -0.2) is 0 Å². The summed E-state index contributed by atoms with van der Waals surface area (Å²) in [5.41, 5.74) is 20.8. The third-order valence-corrected chi connectivity index (χ3v) is 6.09. The molecule has 0 aromatic carbocycles. The third-order valence-electron chi connectivity index (χ3n) is 6.09. The maximum atomic E-state index is 6.95. The second-order valence-corrected chi connectivity index (χ2v) is 9.67. The number of hydrogen-bond donors (Lipinski definition) is 0. The van der Waals surface area contributed by atoms with Crippen LogP contribution >= 0.6 is 0 Å². The molecule has 0 aromatic rings. The summed E-state index contributed by atoms with van der Waals surface area (Å²) in [6.07, 6.45) is 32.0. The molecule has 0 saturated carbocycles.